The molecule has 3 aromatic heterocycles. The van der Waals surface area contributed by atoms with Gasteiger partial charge < -0.3 is 5.43 Å². The minimum absolute atomic E-state index is 0.0366. The lowest BCUT2D eigenvalue weighted by atomic mass is 10.6. The molecular weight excluding hydrogens is 314 g/mol. The van der Waals surface area contributed by atoms with Crippen LogP contribution >= 0.6 is 11.3 Å². The number of thiazole rings is 1. The molecule has 0 aromatic carbocycles. The monoisotopic (exact) mass is 327 g/mol. The van der Waals surface area contributed by atoms with Gasteiger partial charge in [-0.05, 0) is 6.92 Å². The highest BCUT2D eigenvalue weighted by atomic mass is 32.2. The number of nitrogens with two attached hydrogens (primary N) is 1. The molecule has 21 heavy (non-hydrogen) atoms. The van der Waals surface area contributed by atoms with Gasteiger partial charge >= 0.3 is 0 Å². The second-order valence-corrected chi connectivity index (χ2v) is 6.63. The van der Waals surface area contributed by atoms with E-state index < -0.39 is 10.0 Å². The highest BCUT2D eigenvalue weighted by Gasteiger charge is 2.26. The van der Waals surface area contributed by atoms with E-state index in [1.54, 1.807) is 22.5 Å². The van der Waals surface area contributed by atoms with E-state index in [0.717, 1.165) is 0 Å². The summed E-state index contributed by atoms with van der Waals surface area (Å²) in [5.41, 5.74) is 2.69. The van der Waals surface area contributed by atoms with Crippen LogP contribution in [0.15, 0.2) is 29.0 Å². The Morgan fingerprint density at radius 3 is 2.95 bits per heavy atom. The van der Waals surface area contributed by atoms with Crippen LogP contribution in [0.25, 0.3) is 4.96 Å². The van der Waals surface area contributed by atoms with E-state index in [-0.39, 0.29) is 10.8 Å². The summed E-state index contributed by atoms with van der Waals surface area (Å²) in [4.78, 5) is 4.66. The lowest BCUT2D eigenvalue weighted by Gasteiger charge is -2.06. The van der Waals surface area contributed by atoms with Gasteiger partial charge in [0.2, 0.25) is 5.03 Å². The van der Waals surface area contributed by atoms with Crippen LogP contribution in [0.3, 0.4) is 0 Å². The molecule has 0 spiro atoms. The smallest absolute Gasteiger partial charge is 0.281 e. The average Bonchev–Trinajstić information content (AvgIpc) is 3.11. The number of hydrazine groups is 1. The Kier molecular flexibility index (Phi) is 3.31. The van der Waals surface area contributed by atoms with Gasteiger partial charge in [-0.3, -0.25) is 13.8 Å². The Balaban J connectivity index is 2.05. The van der Waals surface area contributed by atoms with Gasteiger partial charge in [-0.2, -0.15) is 18.5 Å². The first-order valence-electron chi connectivity index (χ1n) is 6.02. The van der Waals surface area contributed by atoms with Crippen molar-refractivity contribution in [3.8, 4) is 0 Å². The van der Waals surface area contributed by atoms with Gasteiger partial charge in [0.15, 0.2) is 10.8 Å². The van der Waals surface area contributed by atoms with Gasteiger partial charge in [0.05, 0.1) is 11.9 Å². The number of nitrogen functional groups attached to an aromatic ring is 1. The van der Waals surface area contributed by atoms with Crippen molar-refractivity contribution >= 4 is 37.8 Å². The van der Waals surface area contributed by atoms with E-state index >= 15 is 0 Å². The normalized spacial score (nSPS) is 11.9. The number of hydrogen-bond acceptors (Lipinski definition) is 7. The molecule has 9 nitrogen and oxygen atoms in total. The summed E-state index contributed by atoms with van der Waals surface area (Å²) in [6, 6.07) is 0. The molecule has 112 valence electrons. The maximum absolute atomic E-state index is 12.6. The summed E-state index contributed by atoms with van der Waals surface area (Å²) < 4.78 is 30.7. The molecule has 3 aromatic rings. The van der Waals surface area contributed by atoms with E-state index in [2.05, 4.69) is 20.2 Å². The molecule has 0 bridgehead atoms. The predicted octanol–water partition coefficient (Wildman–Crippen LogP) is 0.699. The second-order valence-electron chi connectivity index (χ2n) is 4.16. The number of rotatable bonds is 5. The number of nitrogens with zero attached hydrogens (tertiary/aromatic N) is 4. The van der Waals surface area contributed by atoms with E-state index in [0.29, 0.717) is 17.2 Å². The lowest BCUT2D eigenvalue weighted by molar-refractivity contribution is 0.597. The molecule has 3 rings (SSSR count). The van der Waals surface area contributed by atoms with E-state index in [1.165, 1.54) is 21.9 Å². The average molecular weight is 327 g/mol. The zero-order valence-electron chi connectivity index (χ0n) is 11.0. The van der Waals surface area contributed by atoms with Crippen LogP contribution in [0, 0.1) is 0 Å². The molecular formula is C10H13N7O2S2. The fourth-order valence-electron chi connectivity index (χ4n) is 1.91. The summed E-state index contributed by atoms with van der Waals surface area (Å²) >= 11 is 1.32. The number of imidazole rings is 1. The quantitative estimate of drug-likeness (QED) is 0.469. The van der Waals surface area contributed by atoms with Crippen LogP contribution in [0.5, 0.6) is 0 Å². The first-order valence-corrected chi connectivity index (χ1v) is 8.39. The van der Waals surface area contributed by atoms with Crippen molar-refractivity contribution in [2.45, 2.75) is 18.5 Å². The van der Waals surface area contributed by atoms with Gasteiger partial charge in [0.25, 0.3) is 10.0 Å². The molecule has 0 radical (unpaired) electrons. The van der Waals surface area contributed by atoms with E-state index in [1.807, 2.05) is 6.92 Å². The summed E-state index contributed by atoms with van der Waals surface area (Å²) in [5, 5.41) is 5.73. The van der Waals surface area contributed by atoms with Crippen molar-refractivity contribution in [3.05, 3.63) is 24.0 Å². The topological polar surface area (TPSA) is 119 Å². The number of nitrogens with one attached hydrogen (secondary N) is 2. The summed E-state index contributed by atoms with van der Waals surface area (Å²) in [6.45, 7) is 2.56. The minimum Gasteiger partial charge on any atom is -0.306 e. The molecule has 0 amide bonds. The first kappa shape index (κ1) is 13.9. The highest BCUT2D eigenvalue weighted by molar-refractivity contribution is 7.92. The van der Waals surface area contributed by atoms with Gasteiger partial charge in [-0.15, -0.1) is 11.3 Å². The molecule has 0 saturated carbocycles. The third-order valence-corrected chi connectivity index (χ3v) is 4.98. The van der Waals surface area contributed by atoms with Gasteiger partial charge in [-0.1, -0.05) is 0 Å². The van der Waals surface area contributed by atoms with Gasteiger partial charge in [-0.25, -0.2) is 5.84 Å². The van der Waals surface area contributed by atoms with E-state index in [9.17, 15) is 8.42 Å². The van der Waals surface area contributed by atoms with Crippen molar-refractivity contribution in [3.63, 3.8) is 0 Å². The lowest BCUT2D eigenvalue weighted by Crippen LogP contribution is -2.18. The number of aromatic nitrogens is 4. The summed E-state index contributed by atoms with van der Waals surface area (Å²) in [6.07, 6.45) is 4.68. The van der Waals surface area contributed by atoms with Crippen LogP contribution in [0.1, 0.15) is 6.92 Å². The Morgan fingerprint density at radius 2 is 2.29 bits per heavy atom. The molecule has 0 fully saturated rings. The fourth-order valence-corrected chi connectivity index (χ4v) is 3.96. The number of anilines is 2. The first-order chi connectivity index (χ1) is 10.0. The van der Waals surface area contributed by atoms with Crippen LogP contribution in [0.2, 0.25) is 0 Å². The highest BCUT2D eigenvalue weighted by Crippen LogP contribution is 2.26. The molecule has 0 atom stereocenters. The van der Waals surface area contributed by atoms with Crippen molar-refractivity contribution in [1.29, 1.82) is 0 Å². The molecule has 3 heterocycles. The van der Waals surface area contributed by atoms with Crippen LogP contribution in [0.4, 0.5) is 11.5 Å². The number of aryl methyl sites for hydroxylation is 1. The Hall–Kier alpha value is -2.11. The molecule has 0 saturated heterocycles. The second kappa shape index (κ2) is 5.02. The Labute approximate surface area is 124 Å². The molecule has 0 unspecified atom stereocenters. The van der Waals surface area contributed by atoms with E-state index in [4.69, 9.17) is 5.84 Å². The molecule has 0 aliphatic rings. The van der Waals surface area contributed by atoms with Crippen LogP contribution in [-0.4, -0.2) is 27.6 Å². The maximum Gasteiger partial charge on any atom is 0.281 e. The minimum atomic E-state index is -3.84. The third-order valence-electron chi connectivity index (χ3n) is 2.82. The SMILES string of the molecule is CCn1cc(NS(=O)(=O)c2c(NN)nc3sccn23)cn1. The fraction of sp³-hybridized carbons (Fsp3) is 0.200. The van der Waals surface area contributed by atoms with Gasteiger partial charge in [0, 0.05) is 24.3 Å². The van der Waals surface area contributed by atoms with Crippen molar-refractivity contribution < 1.29 is 8.42 Å². The number of hydrogen-bond donors (Lipinski definition) is 3. The summed E-state index contributed by atoms with van der Waals surface area (Å²) in [7, 11) is -3.84. The Morgan fingerprint density at radius 1 is 1.48 bits per heavy atom. The summed E-state index contributed by atoms with van der Waals surface area (Å²) in [5.74, 6) is 5.45. The van der Waals surface area contributed by atoms with Crippen LogP contribution < -0.4 is 16.0 Å². The molecule has 4 N–H and O–H groups in total. The largest absolute Gasteiger partial charge is 0.306 e. The van der Waals surface area contributed by atoms with Crippen molar-refractivity contribution in [1.82, 2.24) is 19.2 Å². The number of fused-ring (bicyclic) bond motifs is 1. The van der Waals surface area contributed by atoms with Crippen LogP contribution in [-0.2, 0) is 16.6 Å². The zero-order valence-corrected chi connectivity index (χ0v) is 12.6. The molecule has 11 heteroatoms. The van der Waals surface area contributed by atoms with Crippen molar-refractivity contribution in [2.24, 2.45) is 5.84 Å². The molecule has 0 aliphatic carbocycles. The maximum atomic E-state index is 12.6. The Bertz CT molecular complexity index is 876. The molecule has 0 aliphatic heterocycles. The third kappa shape index (κ3) is 2.34. The predicted molar refractivity (Wildman–Crippen MR) is 79.6 cm³/mol. The standard InChI is InChI=1S/C10H13N7O2S2/c1-2-16-6-7(5-12-16)15-21(18,19)9-8(14-11)13-10-17(9)3-4-20-10/h3-6,14-15H,2,11H2,1H3. The zero-order chi connectivity index (χ0) is 15.0. The van der Waals surface area contributed by atoms with Crippen molar-refractivity contribution in [2.75, 3.05) is 10.1 Å². The van der Waals surface area contributed by atoms with Gasteiger partial charge in [0.1, 0.15) is 0 Å². The number of sulfonamides is 1.